The average molecular weight is 270 g/mol. The smallest absolute Gasteiger partial charge is 0.253 e. The summed E-state index contributed by atoms with van der Waals surface area (Å²) in [5, 5.41) is 9.80. The number of aromatic amines is 1. The molecule has 0 aliphatic carbocycles. The molecule has 0 saturated carbocycles. The van der Waals surface area contributed by atoms with Crippen LogP contribution in [0, 0.1) is 0 Å². The summed E-state index contributed by atoms with van der Waals surface area (Å²) in [5.41, 5.74) is 1.25. The van der Waals surface area contributed by atoms with Gasteiger partial charge in [0, 0.05) is 18.3 Å². The maximum absolute atomic E-state index is 11.8. The SMILES string of the molecule is O=C(NCc1cn[nH]c1)c1cccc(Cl)c1Cl. The van der Waals surface area contributed by atoms with Crippen LogP contribution < -0.4 is 5.32 Å². The summed E-state index contributed by atoms with van der Waals surface area (Å²) in [6.45, 7) is 0.387. The molecule has 1 amide bonds. The third-order valence-electron chi connectivity index (χ3n) is 2.20. The van der Waals surface area contributed by atoms with Gasteiger partial charge in [-0.2, -0.15) is 5.10 Å². The number of hydrogen-bond donors (Lipinski definition) is 2. The Labute approximate surface area is 108 Å². The Morgan fingerprint density at radius 1 is 1.41 bits per heavy atom. The minimum absolute atomic E-state index is 0.263. The number of amides is 1. The fraction of sp³-hybridized carbons (Fsp3) is 0.0909. The molecule has 2 N–H and O–H groups in total. The van der Waals surface area contributed by atoms with Gasteiger partial charge >= 0.3 is 0 Å². The van der Waals surface area contributed by atoms with Crippen LogP contribution in [0.5, 0.6) is 0 Å². The number of nitrogens with one attached hydrogen (secondary N) is 2. The minimum atomic E-state index is -0.265. The second-order valence-electron chi connectivity index (χ2n) is 3.39. The molecule has 0 aliphatic heterocycles. The number of halogens is 2. The van der Waals surface area contributed by atoms with Gasteiger partial charge in [0.2, 0.25) is 0 Å². The molecule has 0 saturated heterocycles. The maximum atomic E-state index is 11.8. The van der Waals surface area contributed by atoms with Gasteiger partial charge in [0.15, 0.2) is 0 Å². The largest absolute Gasteiger partial charge is 0.348 e. The van der Waals surface area contributed by atoms with E-state index in [2.05, 4.69) is 15.5 Å². The summed E-state index contributed by atoms with van der Waals surface area (Å²) < 4.78 is 0. The predicted molar refractivity (Wildman–Crippen MR) is 66.2 cm³/mol. The molecule has 0 fully saturated rings. The summed E-state index contributed by atoms with van der Waals surface area (Å²) in [7, 11) is 0. The highest BCUT2D eigenvalue weighted by molar-refractivity contribution is 6.43. The van der Waals surface area contributed by atoms with Crippen LogP contribution in [0.15, 0.2) is 30.6 Å². The topological polar surface area (TPSA) is 57.8 Å². The molecule has 0 aliphatic rings. The molecule has 88 valence electrons. The highest BCUT2D eigenvalue weighted by Gasteiger charge is 2.12. The van der Waals surface area contributed by atoms with Crippen LogP contribution in [0.1, 0.15) is 15.9 Å². The van der Waals surface area contributed by atoms with E-state index in [-0.39, 0.29) is 10.9 Å². The lowest BCUT2D eigenvalue weighted by Crippen LogP contribution is -2.22. The lowest BCUT2D eigenvalue weighted by Gasteiger charge is -2.06. The van der Waals surface area contributed by atoms with Gasteiger partial charge in [-0.25, -0.2) is 0 Å². The van der Waals surface area contributed by atoms with Crippen LogP contribution in [0.2, 0.25) is 10.0 Å². The van der Waals surface area contributed by atoms with E-state index in [1.54, 1.807) is 30.6 Å². The Morgan fingerprint density at radius 2 is 2.24 bits per heavy atom. The number of hydrogen-bond acceptors (Lipinski definition) is 2. The Bertz CT molecular complexity index is 526. The first-order valence-electron chi connectivity index (χ1n) is 4.88. The van der Waals surface area contributed by atoms with E-state index in [0.717, 1.165) is 5.56 Å². The van der Waals surface area contributed by atoms with Crippen molar-refractivity contribution in [3.8, 4) is 0 Å². The van der Waals surface area contributed by atoms with E-state index >= 15 is 0 Å². The van der Waals surface area contributed by atoms with Gasteiger partial charge in [-0.05, 0) is 12.1 Å². The molecule has 1 heterocycles. The van der Waals surface area contributed by atoms with E-state index in [1.807, 2.05) is 0 Å². The molecule has 0 unspecified atom stereocenters. The summed E-state index contributed by atoms with van der Waals surface area (Å²) in [5.74, 6) is -0.265. The van der Waals surface area contributed by atoms with E-state index in [9.17, 15) is 4.79 Å². The third kappa shape index (κ3) is 2.78. The number of H-pyrrole nitrogens is 1. The second kappa shape index (κ2) is 5.21. The summed E-state index contributed by atoms with van der Waals surface area (Å²) in [6.07, 6.45) is 3.35. The molecule has 2 aromatic rings. The lowest BCUT2D eigenvalue weighted by atomic mass is 10.2. The standard InChI is InChI=1S/C11H9Cl2N3O/c12-9-3-1-2-8(10(9)13)11(17)14-4-7-5-15-16-6-7/h1-3,5-6H,4H2,(H,14,17)(H,15,16). The monoisotopic (exact) mass is 269 g/mol. The lowest BCUT2D eigenvalue weighted by molar-refractivity contribution is 0.0951. The molecular weight excluding hydrogens is 261 g/mol. The highest BCUT2D eigenvalue weighted by Crippen LogP contribution is 2.25. The van der Waals surface area contributed by atoms with Gasteiger partial charge in [-0.15, -0.1) is 0 Å². The molecule has 4 nitrogen and oxygen atoms in total. The van der Waals surface area contributed by atoms with Crippen LogP contribution >= 0.6 is 23.2 Å². The average Bonchev–Trinajstić information content (AvgIpc) is 2.82. The van der Waals surface area contributed by atoms with E-state index < -0.39 is 0 Å². The van der Waals surface area contributed by atoms with Crippen molar-refractivity contribution in [1.82, 2.24) is 15.5 Å². The van der Waals surface area contributed by atoms with Crippen LogP contribution in [0.4, 0.5) is 0 Å². The molecule has 6 heteroatoms. The summed E-state index contributed by atoms with van der Waals surface area (Å²) >= 11 is 11.8. The van der Waals surface area contributed by atoms with Crippen LogP contribution in [-0.4, -0.2) is 16.1 Å². The molecule has 1 aromatic carbocycles. The molecular formula is C11H9Cl2N3O. The van der Waals surface area contributed by atoms with Crippen molar-refractivity contribution < 1.29 is 4.79 Å². The Hall–Kier alpha value is -1.52. The number of rotatable bonds is 3. The molecule has 0 atom stereocenters. The van der Waals surface area contributed by atoms with Gasteiger partial charge in [0.1, 0.15) is 0 Å². The highest BCUT2D eigenvalue weighted by atomic mass is 35.5. The van der Waals surface area contributed by atoms with Crippen molar-refractivity contribution in [3.05, 3.63) is 51.8 Å². The van der Waals surface area contributed by atoms with Crippen molar-refractivity contribution in [1.29, 1.82) is 0 Å². The predicted octanol–water partition coefficient (Wildman–Crippen LogP) is 2.65. The van der Waals surface area contributed by atoms with Crippen molar-refractivity contribution in [3.63, 3.8) is 0 Å². The molecule has 2 rings (SSSR count). The molecule has 1 aromatic heterocycles. The molecule has 0 spiro atoms. The number of carbonyl (C=O) groups excluding carboxylic acids is 1. The Morgan fingerprint density at radius 3 is 2.94 bits per heavy atom. The molecule has 0 bridgehead atoms. The Balaban J connectivity index is 2.07. The van der Waals surface area contributed by atoms with Gasteiger partial charge in [-0.3, -0.25) is 9.89 Å². The van der Waals surface area contributed by atoms with Crippen LogP contribution in [-0.2, 0) is 6.54 Å². The number of carbonyl (C=O) groups is 1. The van der Waals surface area contributed by atoms with Crippen LogP contribution in [0.25, 0.3) is 0 Å². The first kappa shape index (κ1) is 12.0. The minimum Gasteiger partial charge on any atom is -0.348 e. The number of benzene rings is 1. The first-order valence-corrected chi connectivity index (χ1v) is 5.64. The van der Waals surface area contributed by atoms with E-state index in [4.69, 9.17) is 23.2 Å². The number of nitrogens with zero attached hydrogens (tertiary/aromatic N) is 1. The molecule has 17 heavy (non-hydrogen) atoms. The number of aromatic nitrogens is 2. The normalized spacial score (nSPS) is 10.2. The van der Waals surface area contributed by atoms with E-state index in [0.29, 0.717) is 17.1 Å². The summed E-state index contributed by atoms with van der Waals surface area (Å²) in [6, 6.07) is 4.94. The zero-order valence-electron chi connectivity index (χ0n) is 8.71. The zero-order chi connectivity index (χ0) is 12.3. The van der Waals surface area contributed by atoms with Crippen molar-refractivity contribution in [2.45, 2.75) is 6.54 Å². The second-order valence-corrected chi connectivity index (χ2v) is 4.18. The fourth-order valence-electron chi connectivity index (χ4n) is 1.33. The zero-order valence-corrected chi connectivity index (χ0v) is 10.2. The summed E-state index contributed by atoms with van der Waals surface area (Å²) in [4.78, 5) is 11.8. The van der Waals surface area contributed by atoms with Gasteiger partial charge in [0.25, 0.3) is 5.91 Å². The van der Waals surface area contributed by atoms with Gasteiger partial charge in [0.05, 0.1) is 21.8 Å². The maximum Gasteiger partial charge on any atom is 0.253 e. The Kier molecular flexibility index (Phi) is 3.66. The van der Waals surface area contributed by atoms with Gasteiger partial charge < -0.3 is 5.32 Å². The van der Waals surface area contributed by atoms with Crippen LogP contribution in [0.3, 0.4) is 0 Å². The van der Waals surface area contributed by atoms with Crippen molar-refractivity contribution >= 4 is 29.1 Å². The van der Waals surface area contributed by atoms with Gasteiger partial charge in [-0.1, -0.05) is 29.3 Å². The first-order chi connectivity index (χ1) is 8.18. The molecule has 0 radical (unpaired) electrons. The van der Waals surface area contributed by atoms with E-state index in [1.165, 1.54) is 0 Å². The van der Waals surface area contributed by atoms with Crippen molar-refractivity contribution in [2.75, 3.05) is 0 Å². The quantitative estimate of drug-likeness (QED) is 0.900. The fourth-order valence-corrected chi connectivity index (χ4v) is 1.72. The van der Waals surface area contributed by atoms with Crippen molar-refractivity contribution in [2.24, 2.45) is 0 Å². The third-order valence-corrected chi connectivity index (χ3v) is 3.02.